The first-order chi connectivity index (χ1) is 13.5. The Bertz CT molecular complexity index is 1310. The first kappa shape index (κ1) is 17.0. The van der Waals surface area contributed by atoms with E-state index in [1.54, 1.807) is 24.3 Å². The molecule has 1 unspecified atom stereocenters. The third-order valence-electron chi connectivity index (χ3n) is 4.55. The average Bonchev–Trinajstić information content (AvgIpc) is 3.29. The lowest BCUT2D eigenvalue weighted by molar-refractivity contribution is 0.0970. The molecule has 2 aromatic heterocycles. The number of anilines is 1. The van der Waals surface area contributed by atoms with Crippen LogP contribution in [0.5, 0.6) is 0 Å². The summed E-state index contributed by atoms with van der Waals surface area (Å²) < 4.78 is 19.5. The van der Waals surface area contributed by atoms with E-state index in [9.17, 15) is 14.0 Å². The summed E-state index contributed by atoms with van der Waals surface area (Å²) in [7, 11) is 0. The SMILES string of the molecule is O=C1c2oc3ccc(F)cc3c(=O)c2C(c2cccc(Cl)c2)N1c1nncs1. The molecule has 0 fully saturated rings. The van der Waals surface area contributed by atoms with E-state index in [-0.39, 0.29) is 22.3 Å². The van der Waals surface area contributed by atoms with E-state index in [4.69, 9.17) is 16.0 Å². The van der Waals surface area contributed by atoms with Crippen molar-refractivity contribution < 1.29 is 13.6 Å². The lowest BCUT2D eigenvalue weighted by atomic mass is 9.99. The minimum Gasteiger partial charge on any atom is -0.450 e. The summed E-state index contributed by atoms with van der Waals surface area (Å²) in [5.74, 6) is -1.17. The highest BCUT2D eigenvalue weighted by Crippen LogP contribution is 2.41. The van der Waals surface area contributed by atoms with E-state index in [1.807, 2.05) is 0 Å². The van der Waals surface area contributed by atoms with Gasteiger partial charge in [-0.15, -0.1) is 10.2 Å². The molecule has 3 heterocycles. The van der Waals surface area contributed by atoms with E-state index < -0.39 is 23.2 Å². The van der Waals surface area contributed by atoms with Gasteiger partial charge in [0.25, 0.3) is 5.91 Å². The Morgan fingerprint density at radius 2 is 2.04 bits per heavy atom. The quantitative estimate of drug-likeness (QED) is 0.492. The zero-order valence-corrected chi connectivity index (χ0v) is 15.5. The Balaban J connectivity index is 1.85. The van der Waals surface area contributed by atoms with Gasteiger partial charge in [-0.05, 0) is 35.9 Å². The van der Waals surface area contributed by atoms with Crippen LogP contribution in [0.15, 0.2) is 57.2 Å². The smallest absolute Gasteiger partial charge is 0.297 e. The Morgan fingerprint density at radius 1 is 1.18 bits per heavy atom. The number of hydrogen-bond donors (Lipinski definition) is 0. The third kappa shape index (κ3) is 2.45. The normalized spacial score (nSPS) is 16.0. The van der Waals surface area contributed by atoms with Crippen LogP contribution >= 0.6 is 22.9 Å². The van der Waals surface area contributed by atoms with Gasteiger partial charge in [0.05, 0.1) is 17.0 Å². The topological polar surface area (TPSA) is 76.3 Å². The summed E-state index contributed by atoms with van der Waals surface area (Å²) in [5.41, 5.74) is 1.89. The molecule has 9 heteroatoms. The number of carbonyl (C=O) groups excluding carboxylic acids is 1. The lowest BCUT2D eigenvalue weighted by Crippen LogP contribution is -2.29. The first-order valence-corrected chi connectivity index (χ1v) is 9.42. The maximum atomic E-state index is 13.7. The molecule has 1 aliphatic heterocycles. The molecule has 2 aromatic carbocycles. The number of hydrogen-bond acceptors (Lipinski definition) is 6. The molecule has 6 nitrogen and oxygen atoms in total. The number of nitrogens with zero attached hydrogens (tertiary/aromatic N) is 3. The molecule has 28 heavy (non-hydrogen) atoms. The molecule has 1 atom stereocenters. The number of aromatic nitrogens is 2. The highest BCUT2D eigenvalue weighted by Gasteiger charge is 2.45. The van der Waals surface area contributed by atoms with Gasteiger partial charge in [0, 0.05) is 5.02 Å². The van der Waals surface area contributed by atoms with Crippen molar-refractivity contribution in [3.8, 4) is 0 Å². The van der Waals surface area contributed by atoms with Crippen LogP contribution in [0.3, 0.4) is 0 Å². The lowest BCUT2D eigenvalue weighted by Gasteiger charge is -2.22. The van der Waals surface area contributed by atoms with Crippen LogP contribution < -0.4 is 10.3 Å². The Morgan fingerprint density at radius 3 is 2.79 bits per heavy atom. The second-order valence-corrected chi connectivity index (χ2v) is 7.42. The van der Waals surface area contributed by atoms with E-state index in [1.165, 1.54) is 22.5 Å². The van der Waals surface area contributed by atoms with Crippen LogP contribution in [-0.2, 0) is 0 Å². The van der Waals surface area contributed by atoms with Crippen LogP contribution in [0.1, 0.15) is 27.7 Å². The maximum Gasteiger partial charge on any atom is 0.297 e. The van der Waals surface area contributed by atoms with Gasteiger partial charge >= 0.3 is 0 Å². The van der Waals surface area contributed by atoms with E-state index in [0.717, 1.165) is 17.4 Å². The molecule has 138 valence electrons. The molecular formula is C19H9ClFN3O3S. The third-order valence-corrected chi connectivity index (χ3v) is 5.48. The van der Waals surface area contributed by atoms with Gasteiger partial charge in [0.1, 0.15) is 16.9 Å². The molecule has 1 aliphatic rings. The molecule has 0 saturated carbocycles. The molecule has 0 saturated heterocycles. The fourth-order valence-corrected chi connectivity index (χ4v) is 4.19. The van der Waals surface area contributed by atoms with Crippen molar-refractivity contribution in [1.82, 2.24) is 10.2 Å². The van der Waals surface area contributed by atoms with Crippen molar-refractivity contribution >= 4 is 44.9 Å². The number of benzene rings is 2. The molecule has 0 spiro atoms. The van der Waals surface area contributed by atoms with Gasteiger partial charge in [0.2, 0.25) is 10.9 Å². The number of amides is 1. The predicted molar refractivity (Wildman–Crippen MR) is 102 cm³/mol. The van der Waals surface area contributed by atoms with Gasteiger partial charge in [-0.1, -0.05) is 35.1 Å². The van der Waals surface area contributed by atoms with Crippen molar-refractivity contribution in [1.29, 1.82) is 0 Å². The highest BCUT2D eigenvalue weighted by molar-refractivity contribution is 7.13. The Kier molecular flexibility index (Phi) is 3.78. The van der Waals surface area contributed by atoms with Gasteiger partial charge in [-0.2, -0.15) is 0 Å². The largest absolute Gasteiger partial charge is 0.450 e. The van der Waals surface area contributed by atoms with Crippen molar-refractivity contribution in [2.24, 2.45) is 0 Å². The van der Waals surface area contributed by atoms with Crippen molar-refractivity contribution in [2.45, 2.75) is 6.04 Å². The van der Waals surface area contributed by atoms with Crippen LogP contribution in [0.2, 0.25) is 5.02 Å². The molecule has 4 aromatic rings. The van der Waals surface area contributed by atoms with Crippen LogP contribution in [-0.4, -0.2) is 16.1 Å². The summed E-state index contributed by atoms with van der Waals surface area (Å²) >= 11 is 7.29. The standard InChI is InChI=1S/C19H9ClFN3O3S/c20-10-3-1-2-9(6-10)15-14-16(25)12-7-11(21)4-5-13(12)27-17(14)18(26)24(15)19-23-22-8-28-19/h1-8,15H. The van der Waals surface area contributed by atoms with Crippen molar-refractivity contribution in [2.75, 3.05) is 4.90 Å². The van der Waals surface area contributed by atoms with Crippen molar-refractivity contribution in [3.63, 3.8) is 0 Å². The van der Waals surface area contributed by atoms with Crippen molar-refractivity contribution in [3.05, 3.63) is 85.9 Å². The molecule has 5 rings (SSSR count). The average molecular weight is 414 g/mol. The summed E-state index contributed by atoms with van der Waals surface area (Å²) in [5, 5.41) is 8.60. The minimum absolute atomic E-state index is 0.0673. The molecule has 1 amide bonds. The minimum atomic E-state index is -0.807. The maximum absolute atomic E-state index is 13.7. The van der Waals surface area contributed by atoms with Gasteiger partial charge in [-0.25, -0.2) is 4.39 Å². The number of halogens is 2. The van der Waals surface area contributed by atoms with E-state index in [2.05, 4.69) is 10.2 Å². The Labute approximate surface area is 165 Å². The fourth-order valence-electron chi connectivity index (χ4n) is 3.41. The second kappa shape index (κ2) is 6.22. The molecule has 0 aliphatic carbocycles. The highest BCUT2D eigenvalue weighted by atomic mass is 35.5. The fraction of sp³-hybridized carbons (Fsp3) is 0.0526. The first-order valence-electron chi connectivity index (χ1n) is 8.16. The van der Waals surface area contributed by atoms with E-state index >= 15 is 0 Å². The van der Waals surface area contributed by atoms with Gasteiger partial charge in [0.15, 0.2) is 5.43 Å². The molecule has 0 radical (unpaired) electrons. The molecule has 0 N–H and O–H groups in total. The monoisotopic (exact) mass is 413 g/mol. The van der Waals surface area contributed by atoms with E-state index in [0.29, 0.717) is 15.7 Å². The van der Waals surface area contributed by atoms with Crippen LogP contribution in [0.25, 0.3) is 11.0 Å². The molecular weight excluding hydrogens is 405 g/mol. The summed E-state index contributed by atoms with van der Waals surface area (Å²) in [6.45, 7) is 0. The van der Waals surface area contributed by atoms with Crippen LogP contribution in [0, 0.1) is 5.82 Å². The second-order valence-electron chi connectivity index (χ2n) is 6.17. The summed E-state index contributed by atoms with van der Waals surface area (Å²) in [6.07, 6.45) is 0. The van der Waals surface area contributed by atoms with Gasteiger partial charge in [-0.3, -0.25) is 14.5 Å². The zero-order chi connectivity index (χ0) is 19.4. The number of fused-ring (bicyclic) bond motifs is 2. The summed E-state index contributed by atoms with van der Waals surface area (Å²) in [6, 6.07) is 9.64. The Hall–Kier alpha value is -3.10. The van der Waals surface area contributed by atoms with Crippen LogP contribution in [0.4, 0.5) is 9.52 Å². The number of carbonyl (C=O) groups is 1. The summed E-state index contributed by atoms with van der Waals surface area (Å²) in [4.78, 5) is 27.7. The predicted octanol–water partition coefficient (Wildman–Crippen LogP) is 4.19. The van der Waals surface area contributed by atoms with Gasteiger partial charge < -0.3 is 4.42 Å². The number of rotatable bonds is 2. The zero-order valence-electron chi connectivity index (χ0n) is 13.9. The molecule has 0 bridgehead atoms.